The molecule has 0 amide bonds. The summed E-state index contributed by atoms with van der Waals surface area (Å²) in [5, 5.41) is 9.97. The van der Waals surface area contributed by atoms with Crippen LogP contribution in [0, 0.1) is 10.1 Å². The molecule has 0 unspecified atom stereocenters. The Hall–Kier alpha value is -0.950. The first-order valence-corrected chi connectivity index (χ1v) is 4.30. The number of thiol groups is 1. The Kier molecular flexibility index (Phi) is 3.15. The third-order valence-electron chi connectivity index (χ3n) is 1.56. The Bertz CT molecular complexity index is 421. The van der Waals surface area contributed by atoms with Crippen molar-refractivity contribution in [2.75, 3.05) is 0 Å². The van der Waals surface area contributed by atoms with Crippen LogP contribution in [0.4, 0.5) is 18.9 Å². The zero-order chi connectivity index (χ0) is 11.8. The summed E-state index contributed by atoms with van der Waals surface area (Å²) in [5.74, 6) is 0. The number of nitro benzene ring substituents is 1. The van der Waals surface area contributed by atoms with E-state index in [0.29, 0.717) is 12.1 Å². The third-order valence-corrected chi connectivity index (χ3v) is 2.44. The highest BCUT2D eigenvalue weighted by atomic mass is 35.5. The van der Waals surface area contributed by atoms with Crippen LogP contribution in [0.15, 0.2) is 17.0 Å². The lowest BCUT2D eigenvalue weighted by Crippen LogP contribution is -2.06. The number of nitro groups is 1. The summed E-state index contributed by atoms with van der Waals surface area (Å²) in [4.78, 5) is 9.10. The minimum Gasteiger partial charge on any atom is -0.258 e. The summed E-state index contributed by atoms with van der Waals surface area (Å²) in [7, 11) is 0. The van der Waals surface area contributed by atoms with Crippen molar-refractivity contribution >= 4 is 29.9 Å². The third kappa shape index (κ3) is 2.54. The number of alkyl halides is 3. The molecule has 82 valence electrons. The maximum Gasteiger partial charge on any atom is 0.416 e. The molecule has 15 heavy (non-hydrogen) atoms. The van der Waals surface area contributed by atoms with Gasteiger partial charge in [-0.25, -0.2) is 0 Å². The molecule has 0 aliphatic rings. The van der Waals surface area contributed by atoms with Crippen LogP contribution >= 0.6 is 24.2 Å². The first kappa shape index (κ1) is 12.1. The number of hydrogen-bond donors (Lipinski definition) is 1. The molecule has 0 radical (unpaired) electrons. The normalized spacial score (nSPS) is 11.5. The molecule has 0 heterocycles. The molecule has 0 aliphatic carbocycles. The highest BCUT2D eigenvalue weighted by Crippen LogP contribution is 2.38. The number of halogens is 4. The maximum absolute atomic E-state index is 12.2. The van der Waals surface area contributed by atoms with Crippen molar-refractivity contribution in [3.05, 3.63) is 32.8 Å². The van der Waals surface area contributed by atoms with Gasteiger partial charge in [-0.15, -0.1) is 12.6 Å². The van der Waals surface area contributed by atoms with E-state index < -0.39 is 27.4 Å². The second-order valence-electron chi connectivity index (χ2n) is 2.58. The van der Waals surface area contributed by atoms with Gasteiger partial charge >= 0.3 is 6.18 Å². The van der Waals surface area contributed by atoms with Crippen LogP contribution in [-0.2, 0) is 6.18 Å². The second kappa shape index (κ2) is 3.90. The molecule has 1 rings (SSSR count). The van der Waals surface area contributed by atoms with Crippen molar-refractivity contribution < 1.29 is 18.1 Å². The predicted octanol–water partition coefficient (Wildman–Crippen LogP) is 3.56. The number of rotatable bonds is 1. The second-order valence-corrected chi connectivity index (χ2v) is 3.44. The summed E-state index contributed by atoms with van der Waals surface area (Å²) >= 11 is 9.05. The van der Waals surface area contributed by atoms with Gasteiger partial charge in [0.25, 0.3) is 5.69 Å². The Morgan fingerprint density at radius 3 is 2.33 bits per heavy atom. The van der Waals surface area contributed by atoms with Gasteiger partial charge in [0.2, 0.25) is 0 Å². The zero-order valence-electron chi connectivity index (χ0n) is 6.88. The van der Waals surface area contributed by atoms with E-state index in [4.69, 9.17) is 11.6 Å². The predicted molar refractivity (Wildman–Crippen MR) is 50.4 cm³/mol. The van der Waals surface area contributed by atoms with Crippen LogP contribution in [0.25, 0.3) is 0 Å². The Morgan fingerprint density at radius 2 is 1.93 bits per heavy atom. The fourth-order valence-corrected chi connectivity index (χ4v) is 1.32. The van der Waals surface area contributed by atoms with Gasteiger partial charge in [0.05, 0.1) is 10.5 Å². The Labute approximate surface area is 92.4 Å². The minimum atomic E-state index is -4.66. The van der Waals surface area contributed by atoms with Crippen LogP contribution < -0.4 is 0 Å². The summed E-state index contributed by atoms with van der Waals surface area (Å²) in [6.45, 7) is 0. The molecular weight excluding hydrogens is 255 g/mol. The van der Waals surface area contributed by atoms with Crippen LogP contribution in [-0.4, -0.2) is 4.92 Å². The van der Waals surface area contributed by atoms with Gasteiger partial charge in [0.15, 0.2) is 0 Å². The van der Waals surface area contributed by atoms with E-state index in [9.17, 15) is 23.3 Å². The number of hydrogen-bond acceptors (Lipinski definition) is 3. The zero-order valence-corrected chi connectivity index (χ0v) is 8.53. The summed E-state index contributed by atoms with van der Waals surface area (Å²) < 4.78 is 36.7. The molecule has 0 aromatic heterocycles. The fourth-order valence-electron chi connectivity index (χ4n) is 0.891. The van der Waals surface area contributed by atoms with Crippen molar-refractivity contribution in [3.63, 3.8) is 0 Å². The van der Waals surface area contributed by atoms with Gasteiger partial charge in [-0.1, -0.05) is 11.6 Å². The van der Waals surface area contributed by atoms with E-state index in [1.807, 2.05) is 0 Å². The van der Waals surface area contributed by atoms with E-state index >= 15 is 0 Å². The lowest BCUT2D eigenvalue weighted by atomic mass is 10.2. The topological polar surface area (TPSA) is 43.1 Å². The lowest BCUT2D eigenvalue weighted by molar-refractivity contribution is -0.385. The van der Waals surface area contributed by atoms with Gasteiger partial charge in [-0.3, -0.25) is 10.1 Å². The van der Waals surface area contributed by atoms with Gasteiger partial charge < -0.3 is 0 Å². The van der Waals surface area contributed by atoms with Crippen LogP contribution in [0.2, 0.25) is 5.02 Å². The molecule has 0 bridgehead atoms. The van der Waals surface area contributed by atoms with E-state index in [0.717, 1.165) is 0 Å². The molecule has 0 saturated carbocycles. The molecule has 0 N–H and O–H groups in total. The van der Waals surface area contributed by atoms with E-state index in [-0.39, 0.29) is 4.90 Å². The number of benzene rings is 1. The molecule has 8 heteroatoms. The lowest BCUT2D eigenvalue weighted by Gasteiger charge is -2.08. The Morgan fingerprint density at radius 1 is 1.40 bits per heavy atom. The van der Waals surface area contributed by atoms with Crippen molar-refractivity contribution in [3.8, 4) is 0 Å². The molecular formula is C7H3ClF3NO2S. The minimum absolute atomic E-state index is 0.279. The Balaban J connectivity index is 3.43. The summed E-state index contributed by atoms with van der Waals surface area (Å²) in [6.07, 6.45) is -4.66. The molecule has 1 aromatic rings. The first-order valence-electron chi connectivity index (χ1n) is 3.47. The van der Waals surface area contributed by atoms with E-state index in [1.165, 1.54) is 0 Å². The molecule has 0 atom stereocenters. The quantitative estimate of drug-likeness (QED) is 0.475. The molecule has 3 nitrogen and oxygen atoms in total. The average Bonchev–Trinajstić information content (AvgIpc) is 2.06. The fraction of sp³-hybridized carbons (Fsp3) is 0.143. The largest absolute Gasteiger partial charge is 0.416 e. The van der Waals surface area contributed by atoms with Crippen LogP contribution in [0.5, 0.6) is 0 Å². The smallest absolute Gasteiger partial charge is 0.258 e. The summed E-state index contributed by atoms with van der Waals surface area (Å²) in [5.41, 5.74) is -1.96. The highest BCUT2D eigenvalue weighted by molar-refractivity contribution is 7.80. The average molecular weight is 258 g/mol. The maximum atomic E-state index is 12.2. The SMILES string of the molecule is O=[N+]([O-])c1cc(C(F)(F)F)cc(S)c1Cl. The van der Waals surface area contributed by atoms with Gasteiger partial charge in [-0.05, 0) is 6.07 Å². The van der Waals surface area contributed by atoms with Gasteiger partial charge in [0.1, 0.15) is 5.02 Å². The van der Waals surface area contributed by atoms with Gasteiger partial charge in [-0.2, -0.15) is 13.2 Å². The molecule has 0 aliphatic heterocycles. The molecule has 0 spiro atoms. The van der Waals surface area contributed by atoms with E-state index in [1.54, 1.807) is 0 Å². The molecule has 0 fully saturated rings. The van der Waals surface area contributed by atoms with Crippen LogP contribution in [0.3, 0.4) is 0 Å². The van der Waals surface area contributed by atoms with Gasteiger partial charge in [0, 0.05) is 11.0 Å². The molecule has 1 aromatic carbocycles. The van der Waals surface area contributed by atoms with Crippen molar-refractivity contribution in [1.82, 2.24) is 0 Å². The number of nitrogens with zero attached hydrogens (tertiary/aromatic N) is 1. The standard InChI is InChI=1S/C7H3ClF3NO2S/c8-6-4(12(13)14)1-3(2-5(6)15)7(9,10)11/h1-2,15H. The summed E-state index contributed by atoms with van der Waals surface area (Å²) in [6, 6.07) is 1.01. The van der Waals surface area contributed by atoms with Crippen molar-refractivity contribution in [2.45, 2.75) is 11.1 Å². The molecule has 0 saturated heterocycles. The monoisotopic (exact) mass is 257 g/mol. The first-order chi connectivity index (χ1) is 6.73. The van der Waals surface area contributed by atoms with Crippen molar-refractivity contribution in [1.29, 1.82) is 0 Å². The highest BCUT2D eigenvalue weighted by Gasteiger charge is 2.33. The van der Waals surface area contributed by atoms with Crippen LogP contribution in [0.1, 0.15) is 5.56 Å². The van der Waals surface area contributed by atoms with Crippen molar-refractivity contribution in [2.24, 2.45) is 0 Å². The van der Waals surface area contributed by atoms with E-state index in [2.05, 4.69) is 12.6 Å².